The van der Waals surface area contributed by atoms with Gasteiger partial charge in [0.2, 0.25) is 0 Å². The van der Waals surface area contributed by atoms with Crippen molar-refractivity contribution in [1.29, 1.82) is 0 Å². The van der Waals surface area contributed by atoms with Gasteiger partial charge in [0, 0.05) is 0 Å². The Bertz CT molecular complexity index is 202. The smallest absolute Gasteiger partial charge is 0.0200 e. The van der Waals surface area contributed by atoms with Crippen LogP contribution in [0.4, 0.5) is 0 Å². The maximum Gasteiger partial charge on any atom is -0.0200 e. The maximum absolute atomic E-state index is 2.55. The van der Waals surface area contributed by atoms with E-state index in [4.69, 9.17) is 0 Å². The highest BCUT2D eigenvalue weighted by Crippen LogP contribution is 2.34. The van der Waals surface area contributed by atoms with Gasteiger partial charge in [0.25, 0.3) is 0 Å². The van der Waals surface area contributed by atoms with E-state index in [-0.39, 0.29) is 0 Å². The second kappa shape index (κ2) is 6.35. The summed E-state index contributed by atoms with van der Waals surface area (Å²) in [5.74, 6) is 0.990. The molecule has 0 heterocycles. The monoisotopic (exact) mass is 206 g/mol. The fraction of sp³-hybridized carbons (Fsp3) is 0.867. The number of rotatable bonds is 0. The van der Waals surface area contributed by atoms with Gasteiger partial charge in [-0.1, -0.05) is 56.6 Å². The molecular formula is C15H26. The van der Waals surface area contributed by atoms with E-state index >= 15 is 0 Å². The number of hydrogen-bond donors (Lipinski definition) is 0. The average Bonchev–Trinajstić information content (AvgIpc) is 2.65. The minimum Gasteiger partial charge on any atom is -0.0850 e. The summed E-state index contributed by atoms with van der Waals surface area (Å²) < 4.78 is 0. The molecule has 0 aromatic carbocycles. The van der Waals surface area contributed by atoms with Crippen LogP contribution in [0.15, 0.2) is 11.6 Å². The van der Waals surface area contributed by atoms with Crippen molar-refractivity contribution >= 4 is 0 Å². The zero-order valence-electron chi connectivity index (χ0n) is 10.1. The van der Waals surface area contributed by atoms with Crippen LogP contribution in [0.5, 0.6) is 0 Å². The molecule has 0 N–H and O–H groups in total. The summed E-state index contributed by atoms with van der Waals surface area (Å²) in [6.45, 7) is 0. The minimum absolute atomic E-state index is 0.990. The van der Waals surface area contributed by atoms with Gasteiger partial charge in [0.15, 0.2) is 0 Å². The Balaban J connectivity index is 1.81. The van der Waals surface area contributed by atoms with Crippen molar-refractivity contribution < 1.29 is 0 Å². The van der Waals surface area contributed by atoms with E-state index in [0.717, 1.165) is 5.92 Å². The largest absolute Gasteiger partial charge is 0.0850 e. The van der Waals surface area contributed by atoms with E-state index in [1.165, 1.54) is 77.0 Å². The molecule has 1 fully saturated rings. The van der Waals surface area contributed by atoms with Gasteiger partial charge in [0.1, 0.15) is 0 Å². The Hall–Kier alpha value is -0.260. The highest BCUT2D eigenvalue weighted by atomic mass is 14.2. The second-order valence-electron chi connectivity index (χ2n) is 5.42. The van der Waals surface area contributed by atoms with Crippen LogP contribution in [0, 0.1) is 5.92 Å². The lowest BCUT2D eigenvalue weighted by Crippen LogP contribution is -2.00. The molecule has 0 nitrogen and oxygen atoms in total. The van der Waals surface area contributed by atoms with Gasteiger partial charge in [-0.3, -0.25) is 0 Å². The van der Waals surface area contributed by atoms with Crippen LogP contribution in [0.25, 0.3) is 0 Å². The van der Waals surface area contributed by atoms with Crippen LogP contribution >= 0.6 is 0 Å². The molecule has 0 spiro atoms. The standard InChI is InChI=1S/C15H26/c1-2-4-6-8-11-15-13-9-12-14(15)10-7-5-3-1/h12,15H,1-11,13H2. The van der Waals surface area contributed by atoms with Crippen molar-refractivity contribution in [3.05, 3.63) is 11.6 Å². The topological polar surface area (TPSA) is 0 Å². The summed E-state index contributed by atoms with van der Waals surface area (Å²) in [6, 6.07) is 0. The van der Waals surface area contributed by atoms with Gasteiger partial charge >= 0.3 is 0 Å². The molecule has 2 rings (SSSR count). The van der Waals surface area contributed by atoms with Gasteiger partial charge in [-0.25, -0.2) is 0 Å². The average molecular weight is 206 g/mol. The molecule has 0 saturated heterocycles. The Morgan fingerprint density at radius 1 is 0.733 bits per heavy atom. The molecule has 0 heteroatoms. The first-order valence-corrected chi connectivity index (χ1v) is 7.16. The van der Waals surface area contributed by atoms with Crippen molar-refractivity contribution in [3.63, 3.8) is 0 Å². The predicted octanol–water partition coefficient (Wildman–Crippen LogP) is 5.24. The van der Waals surface area contributed by atoms with Crippen LogP contribution in [0.1, 0.15) is 77.0 Å². The minimum atomic E-state index is 0.990. The fourth-order valence-corrected chi connectivity index (χ4v) is 3.24. The Labute approximate surface area is 95.1 Å². The summed E-state index contributed by atoms with van der Waals surface area (Å²) in [4.78, 5) is 0. The molecule has 0 radical (unpaired) electrons. The van der Waals surface area contributed by atoms with E-state index < -0.39 is 0 Å². The van der Waals surface area contributed by atoms with Gasteiger partial charge < -0.3 is 0 Å². The highest BCUT2D eigenvalue weighted by Gasteiger charge is 2.18. The van der Waals surface area contributed by atoms with Crippen LogP contribution in [-0.2, 0) is 0 Å². The van der Waals surface area contributed by atoms with E-state index in [2.05, 4.69) is 6.08 Å². The Kier molecular flexibility index (Phi) is 4.76. The van der Waals surface area contributed by atoms with E-state index in [1.807, 2.05) is 5.57 Å². The lowest BCUT2D eigenvalue weighted by atomic mass is 9.90. The number of fused-ring (bicyclic) bond motifs is 1. The molecule has 2 aliphatic rings. The number of allylic oxidation sites excluding steroid dienone is 2. The zero-order valence-corrected chi connectivity index (χ0v) is 10.1. The third-order valence-electron chi connectivity index (χ3n) is 4.21. The van der Waals surface area contributed by atoms with Gasteiger partial charge in [-0.15, -0.1) is 0 Å². The summed E-state index contributed by atoms with van der Waals surface area (Å²) in [5.41, 5.74) is 1.83. The molecule has 86 valence electrons. The van der Waals surface area contributed by atoms with Crippen molar-refractivity contribution in [2.75, 3.05) is 0 Å². The first-order chi connectivity index (χ1) is 7.47. The van der Waals surface area contributed by atoms with Crippen molar-refractivity contribution in [3.8, 4) is 0 Å². The molecule has 0 aromatic rings. The van der Waals surface area contributed by atoms with Crippen molar-refractivity contribution in [2.24, 2.45) is 5.92 Å². The highest BCUT2D eigenvalue weighted by molar-refractivity contribution is 5.12. The molecule has 1 unspecified atom stereocenters. The molecule has 0 amide bonds. The van der Waals surface area contributed by atoms with Gasteiger partial charge in [-0.05, 0) is 38.0 Å². The third-order valence-corrected chi connectivity index (χ3v) is 4.21. The fourth-order valence-electron chi connectivity index (χ4n) is 3.24. The molecule has 15 heavy (non-hydrogen) atoms. The summed E-state index contributed by atoms with van der Waals surface area (Å²) in [6.07, 6.45) is 20.2. The van der Waals surface area contributed by atoms with Crippen molar-refractivity contribution in [2.45, 2.75) is 77.0 Å². The zero-order chi connectivity index (χ0) is 10.3. The van der Waals surface area contributed by atoms with E-state index in [9.17, 15) is 0 Å². The molecule has 2 aliphatic carbocycles. The SMILES string of the molecule is C1=C2CCCCCCCCCCC2CC1. The van der Waals surface area contributed by atoms with Gasteiger partial charge in [-0.2, -0.15) is 0 Å². The van der Waals surface area contributed by atoms with Crippen LogP contribution < -0.4 is 0 Å². The van der Waals surface area contributed by atoms with Crippen LogP contribution in [0.2, 0.25) is 0 Å². The molecule has 0 bridgehead atoms. The molecular weight excluding hydrogens is 180 g/mol. The van der Waals surface area contributed by atoms with Crippen molar-refractivity contribution in [1.82, 2.24) is 0 Å². The number of hydrogen-bond acceptors (Lipinski definition) is 0. The summed E-state index contributed by atoms with van der Waals surface area (Å²) >= 11 is 0. The molecule has 1 atom stereocenters. The summed E-state index contributed by atoms with van der Waals surface area (Å²) in [5, 5.41) is 0. The lowest BCUT2D eigenvalue weighted by Gasteiger charge is -2.16. The molecule has 1 saturated carbocycles. The predicted molar refractivity (Wildman–Crippen MR) is 67.0 cm³/mol. The first-order valence-electron chi connectivity index (χ1n) is 7.16. The van der Waals surface area contributed by atoms with E-state index in [0.29, 0.717) is 0 Å². The quantitative estimate of drug-likeness (QED) is 0.476. The van der Waals surface area contributed by atoms with E-state index in [1.54, 1.807) is 0 Å². The lowest BCUT2D eigenvalue weighted by molar-refractivity contribution is 0.469. The Morgan fingerprint density at radius 3 is 2.20 bits per heavy atom. The normalized spacial score (nSPS) is 29.9. The van der Waals surface area contributed by atoms with Crippen LogP contribution in [0.3, 0.4) is 0 Å². The van der Waals surface area contributed by atoms with Gasteiger partial charge in [0.05, 0.1) is 0 Å². The Morgan fingerprint density at radius 2 is 1.40 bits per heavy atom. The molecule has 0 aromatic heterocycles. The first kappa shape index (κ1) is 11.2. The molecule has 0 aliphatic heterocycles. The van der Waals surface area contributed by atoms with Crippen LogP contribution in [-0.4, -0.2) is 0 Å². The maximum atomic E-state index is 2.55. The third kappa shape index (κ3) is 3.66. The second-order valence-corrected chi connectivity index (χ2v) is 5.42. The summed E-state index contributed by atoms with van der Waals surface area (Å²) in [7, 11) is 0.